The first kappa shape index (κ1) is 51.6. The number of ether oxygens (including phenoxy) is 3. The minimum Gasteiger partial charge on any atom is -0.508 e. The molecule has 1 aromatic heterocycles. The van der Waals surface area contributed by atoms with Crippen molar-refractivity contribution in [2.45, 2.75) is 103 Å². The number of amides is 4. The van der Waals surface area contributed by atoms with Gasteiger partial charge in [0.1, 0.15) is 23.6 Å². The molecule has 7 rings (SSSR count). The van der Waals surface area contributed by atoms with E-state index in [1.165, 1.54) is 18.0 Å². The normalized spacial score (nSPS) is 22.1. The van der Waals surface area contributed by atoms with Gasteiger partial charge >= 0.3 is 5.97 Å². The number of carbonyl (C=O) groups excluding carboxylic acids is 5. The molecule has 1 unspecified atom stereocenters. The number of likely N-dealkylation sites (N-methyl/N-ethyl adjacent to an activating group) is 1. The van der Waals surface area contributed by atoms with Crippen LogP contribution in [0.1, 0.15) is 70.6 Å². The highest BCUT2D eigenvalue weighted by molar-refractivity contribution is 5.98. The number of benzene rings is 3. The van der Waals surface area contributed by atoms with Gasteiger partial charge in [-0.25, -0.2) is 4.79 Å². The summed E-state index contributed by atoms with van der Waals surface area (Å²) in [5, 5.41) is 39.7. The molecule has 6 bridgehead atoms. The molecule has 17 nitrogen and oxygen atoms in total. The summed E-state index contributed by atoms with van der Waals surface area (Å²) in [7, 11) is 4.71. The number of methoxy groups -OCH3 is 2. The summed E-state index contributed by atoms with van der Waals surface area (Å²) in [6.45, 7) is 13.9. The van der Waals surface area contributed by atoms with Gasteiger partial charge in [0.25, 0.3) is 11.8 Å². The number of fused-ring (bicyclic) bond motifs is 6. The number of phenols is 1. The van der Waals surface area contributed by atoms with Crippen LogP contribution in [0.5, 0.6) is 11.5 Å². The molecular formula is C53H68N6O11. The Bertz CT molecular complexity index is 2680. The van der Waals surface area contributed by atoms with Crippen LogP contribution in [0.2, 0.25) is 0 Å². The van der Waals surface area contributed by atoms with Gasteiger partial charge in [0.15, 0.2) is 5.60 Å². The van der Waals surface area contributed by atoms with Crippen molar-refractivity contribution in [3.05, 3.63) is 83.9 Å². The van der Waals surface area contributed by atoms with Crippen LogP contribution in [-0.2, 0) is 59.3 Å². The highest BCUT2D eigenvalue weighted by atomic mass is 16.6. The van der Waals surface area contributed by atoms with Crippen LogP contribution >= 0.6 is 0 Å². The second-order valence-electron chi connectivity index (χ2n) is 20.0. The first-order chi connectivity index (χ1) is 33.2. The molecule has 4 atom stereocenters. The third-order valence-electron chi connectivity index (χ3n) is 13.9. The van der Waals surface area contributed by atoms with E-state index in [1.54, 1.807) is 34.1 Å². The number of aryl methyl sites for hydroxylation is 1. The van der Waals surface area contributed by atoms with Crippen molar-refractivity contribution in [3.8, 4) is 33.9 Å². The first-order valence-electron chi connectivity index (χ1n) is 24.0. The second-order valence-corrected chi connectivity index (χ2v) is 20.0. The fourth-order valence-electron chi connectivity index (χ4n) is 10.4. The quantitative estimate of drug-likeness (QED) is 0.0982. The van der Waals surface area contributed by atoms with E-state index in [9.17, 15) is 39.3 Å². The number of carbonyl (C=O) groups is 5. The standard InChI is InChI=1S/C53H68N6O11/c1-10-43(61)57-22-20-52(66,30-57)49(64)56(7)45(32(3)4)47(62)54-40-26-33-24-36(27-37(60)25-33)35-16-17-41-38(28-35)39(46(58(41)11-2)44-34(18-23-68-8)14-12-15-42(44)69-9)29-51(5,6)31-70-50(65)53(67)19-13-21-59(55-53)48(40)63/h10,12,14-17,24-25,27-28,32,40,45,55,60,66-67H,1,11,13,18-23,26,29-31H2,2-9H3,(H,54,62)/t40-,45-,52?,53-/m0/s1. The molecule has 5 N–H and O–H groups in total. The van der Waals surface area contributed by atoms with Crippen molar-refractivity contribution >= 4 is 40.5 Å². The Morgan fingerprint density at radius 1 is 1.04 bits per heavy atom. The first-order valence-corrected chi connectivity index (χ1v) is 24.0. The van der Waals surface area contributed by atoms with Crippen LogP contribution in [0.3, 0.4) is 0 Å². The maximum absolute atomic E-state index is 14.8. The van der Waals surface area contributed by atoms with E-state index < -0.39 is 64.3 Å². The zero-order chi connectivity index (χ0) is 50.9. The van der Waals surface area contributed by atoms with Crippen molar-refractivity contribution in [2.24, 2.45) is 11.3 Å². The second kappa shape index (κ2) is 20.6. The largest absolute Gasteiger partial charge is 0.508 e. The summed E-state index contributed by atoms with van der Waals surface area (Å²) in [6, 6.07) is 14.5. The number of phenolic OH excluding ortho intramolecular Hbond substituents is 1. The molecule has 3 aliphatic heterocycles. The van der Waals surface area contributed by atoms with Crippen molar-refractivity contribution in [2.75, 3.05) is 54.1 Å². The van der Waals surface area contributed by atoms with E-state index in [0.717, 1.165) is 54.8 Å². The molecule has 2 fully saturated rings. The molecule has 17 heteroatoms. The highest BCUT2D eigenvalue weighted by Gasteiger charge is 2.49. The number of aliphatic hydroxyl groups is 2. The average molecular weight is 965 g/mol. The van der Waals surface area contributed by atoms with Gasteiger partial charge in [0, 0.05) is 74.9 Å². The molecular weight excluding hydrogens is 897 g/mol. The third-order valence-corrected chi connectivity index (χ3v) is 13.9. The number of aromatic nitrogens is 1. The number of nitrogens with one attached hydrogen (secondary N) is 2. The van der Waals surface area contributed by atoms with Gasteiger partial charge in [-0.05, 0) is 96.3 Å². The molecule has 4 aromatic rings. The van der Waals surface area contributed by atoms with Gasteiger partial charge in [-0.15, -0.1) is 0 Å². The van der Waals surface area contributed by atoms with Gasteiger partial charge in [-0.3, -0.25) is 24.2 Å². The van der Waals surface area contributed by atoms with E-state index in [1.807, 2.05) is 44.2 Å². The van der Waals surface area contributed by atoms with E-state index in [-0.39, 0.29) is 57.7 Å². The summed E-state index contributed by atoms with van der Waals surface area (Å²) in [6.07, 6.45) is 2.07. The summed E-state index contributed by atoms with van der Waals surface area (Å²) < 4.78 is 19.8. The van der Waals surface area contributed by atoms with Crippen molar-refractivity contribution in [1.29, 1.82) is 0 Å². The maximum atomic E-state index is 14.8. The lowest BCUT2D eigenvalue weighted by molar-refractivity contribution is -0.189. The predicted molar refractivity (Wildman–Crippen MR) is 263 cm³/mol. The van der Waals surface area contributed by atoms with Crippen molar-refractivity contribution in [1.82, 2.24) is 30.1 Å². The number of likely N-dealkylation sites (tertiary alicyclic amines) is 1. The van der Waals surface area contributed by atoms with Crippen molar-refractivity contribution in [3.63, 3.8) is 0 Å². The van der Waals surface area contributed by atoms with Gasteiger partial charge in [0.2, 0.25) is 17.5 Å². The van der Waals surface area contributed by atoms with Crippen molar-refractivity contribution < 1.29 is 53.5 Å². The Kier molecular flexibility index (Phi) is 15.2. The summed E-state index contributed by atoms with van der Waals surface area (Å²) in [5.41, 5.74) is 4.45. The lowest BCUT2D eigenvalue weighted by Gasteiger charge is -2.40. The highest BCUT2D eigenvalue weighted by Crippen LogP contribution is 2.45. The Hall–Kier alpha value is -6.27. The number of cyclic esters (lactones) is 1. The number of rotatable bonds is 12. The smallest absolute Gasteiger partial charge is 0.355 e. The van der Waals surface area contributed by atoms with Crippen LogP contribution in [-0.4, -0.2) is 142 Å². The SMILES string of the molecule is C=CC(=O)N1CCC(O)(C(=O)N(C)[C@H](C(=O)N[C@H]2Cc3cc(O)cc(c3)-c3ccc4c(c3)c(c(-c3c(CCOC)cccc3OC)n4CC)CC(C)(C)COC(=O)[C@@]3(O)CCCN(N3)C2=O)C(C)C)C1. The number of esters is 1. The predicted octanol–water partition coefficient (Wildman–Crippen LogP) is 4.50. The molecule has 0 aliphatic carbocycles. The van der Waals surface area contributed by atoms with Gasteiger partial charge in [-0.1, -0.05) is 58.5 Å². The Morgan fingerprint density at radius 3 is 2.49 bits per heavy atom. The maximum Gasteiger partial charge on any atom is 0.355 e. The lowest BCUT2D eigenvalue weighted by atomic mass is 9.83. The monoisotopic (exact) mass is 964 g/mol. The van der Waals surface area contributed by atoms with Crippen LogP contribution in [0, 0.1) is 11.3 Å². The number of nitrogens with zero attached hydrogens (tertiary/aromatic N) is 4. The van der Waals surface area contributed by atoms with E-state index in [2.05, 4.69) is 40.9 Å². The molecule has 0 spiro atoms. The summed E-state index contributed by atoms with van der Waals surface area (Å²) in [4.78, 5) is 72.3. The molecule has 3 aromatic carbocycles. The van der Waals surface area contributed by atoms with E-state index in [0.29, 0.717) is 42.9 Å². The molecule has 0 saturated carbocycles. The Labute approximate surface area is 409 Å². The number of β-amino-alcohol motifs (C(OH)–C–C–N with tert-alkyl or cyclic N) is 1. The van der Waals surface area contributed by atoms with Gasteiger partial charge in [-0.2, -0.15) is 5.43 Å². The van der Waals surface area contributed by atoms with E-state index >= 15 is 0 Å². The zero-order valence-corrected chi connectivity index (χ0v) is 41.6. The fourth-order valence-corrected chi connectivity index (χ4v) is 10.4. The fraction of sp³-hybridized carbons (Fsp3) is 0.491. The molecule has 0 radical (unpaired) electrons. The van der Waals surface area contributed by atoms with Crippen LogP contribution in [0.4, 0.5) is 0 Å². The number of hydrogen-bond acceptors (Lipinski definition) is 12. The van der Waals surface area contributed by atoms with E-state index in [4.69, 9.17) is 14.2 Å². The molecule has 376 valence electrons. The minimum atomic E-state index is -2.31. The summed E-state index contributed by atoms with van der Waals surface area (Å²) >= 11 is 0. The van der Waals surface area contributed by atoms with Crippen LogP contribution < -0.4 is 15.5 Å². The molecule has 2 saturated heterocycles. The van der Waals surface area contributed by atoms with Crippen LogP contribution in [0.25, 0.3) is 33.3 Å². The topological polar surface area (TPSA) is 212 Å². The Balaban J connectivity index is 1.34. The summed E-state index contributed by atoms with van der Waals surface area (Å²) in [5.74, 6) is -3.51. The molecule has 3 aliphatic rings. The molecule has 4 heterocycles. The Morgan fingerprint density at radius 2 is 1.80 bits per heavy atom. The van der Waals surface area contributed by atoms with Crippen LogP contribution in [0.15, 0.2) is 67.3 Å². The lowest BCUT2D eigenvalue weighted by Crippen LogP contribution is -2.67. The van der Waals surface area contributed by atoms with Gasteiger partial charge in [0.05, 0.1) is 32.6 Å². The third kappa shape index (κ3) is 10.3. The number of aromatic hydroxyl groups is 1. The molecule has 4 amide bonds. The minimum absolute atomic E-state index is 0.0516. The zero-order valence-electron chi connectivity index (χ0n) is 41.6. The average Bonchev–Trinajstić information content (AvgIpc) is 3.88. The molecule has 70 heavy (non-hydrogen) atoms. The number of hydrazine groups is 1. The van der Waals surface area contributed by atoms with Gasteiger partial charge < -0.3 is 49.2 Å². The number of hydrogen-bond donors (Lipinski definition) is 5.